The number of aromatic nitrogens is 6. The zero-order valence-corrected chi connectivity index (χ0v) is 19.4. The van der Waals surface area contributed by atoms with Crippen molar-refractivity contribution in [3.05, 3.63) is 54.5 Å². The van der Waals surface area contributed by atoms with Crippen LogP contribution in [-0.4, -0.2) is 63.6 Å². The van der Waals surface area contributed by atoms with Gasteiger partial charge in [-0.05, 0) is 30.7 Å². The first kappa shape index (κ1) is 22.1. The van der Waals surface area contributed by atoms with Crippen molar-refractivity contribution in [2.24, 2.45) is 0 Å². The molecule has 0 radical (unpaired) electrons. The average molecular weight is 484 g/mol. The molecule has 1 aliphatic rings. The number of ether oxygens (including phenoxy) is 1. The Morgan fingerprint density at radius 2 is 1.79 bits per heavy atom. The summed E-state index contributed by atoms with van der Waals surface area (Å²) in [5.41, 5.74) is 1.46. The zero-order valence-electron chi connectivity index (χ0n) is 18.6. The van der Waals surface area contributed by atoms with Crippen molar-refractivity contribution in [3.8, 4) is 11.6 Å². The number of piperidine rings is 1. The Morgan fingerprint density at radius 1 is 1.06 bits per heavy atom. The SMILES string of the molecule is Cc1cnc(N2CCC(Oc3ncnc4c3cnn4-c3ccc(S(C)(=O)=O)cc3F)CC2)nc1. The lowest BCUT2D eigenvalue weighted by Crippen LogP contribution is -2.39. The standard InChI is InChI=1S/C22H22FN7O3S/c1-14-10-24-22(25-11-14)29-7-5-15(6-8-29)33-21-17-12-28-30(20(17)26-13-27-21)19-4-3-16(9-18(19)23)34(2,31)32/h3-4,9-13,15H,5-8H2,1-2H3. The summed E-state index contributed by atoms with van der Waals surface area (Å²) in [6, 6.07) is 3.68. The molecule has 0 amide bonds. The van der Waals surface area contributed by atoms with Crippen LogP contribution >= 0.6 is 0 Å². The molecular formula is C22H22FN7O3S. The number of fused-ring (bicyclic) bond motifs is 1. The van der Waals surface area contributed by atoms with Gasteiger partial charge in [-0.15, -0.1) is 0 Å². The van der Waals surface area contributed by atoms with Gasteiger partial charge in [-0.3, -0.25) is 0 Å². The van der Waals surface area contributed by atoms with Gasteiger partial charge in [0, 0.05) is 44.6 Å². The number of hydrogen-bond donors (Lipinski definition) is 0. The molecule has 1 saturated heterocycles. The second-order valence-corrected chi connectivity index (χ2v) is 10.2. The average Bonchev–Trinajstić information content (AvgIpc) is 3.24. The highest BCUT2D eigenvalue weighted by atomic mass is 32.2. The highest BCUT2D eigenvalue weighted by molar-refractivity contribution is 7.90. The van der Waals surface area contributed by atoms with E-state index in [2.05, 4.69) is 29.9 Å². The number of aryl methyl sites for hydroxylation is 1. The van der Waals surface area contributed by atoms with Crippen molar-refractivity contribution in [2.45, 2.75) is 30.8 Å². The molecule has 1 aromatic carbocycles. The van der Waals surface area contributed by atoms with Crippen molar-refractivity contribution < 1.29 is 17.5 Å². The van der Waals surface area contributed by atoms with E-state index < -0.39 is 15.7 Å². The molecule has 4 aromatic rings. The summed E-state index contributed by atoms with van der Waals surface area (Å²) < 4.78 is 45.6. The molecular weight excluding hydrogens is 461 g/mol. The normalized spacial score (nSPS) is 15.1. The molecule has 0 unspecified atom stereocenters. The Kier molecular flexibility index (Phi) is 5.60. The number of anilines is 1. The van der Waals surface area contributed by atoms with E-state index in [0.29, 0.717) is 22.9 Å². The van der Waals surface area contributed by atoms with E-state index in [1.807, 2.05) is 6.92 Å². The molecule has 0 bridgehead atoms. The number of hydrogen-bond acceptors (Lipinski definition) is 9. The van der Waals surface area contributed by atoms with Crippen LogP contribution in [-0.2, 0) is 9.84 Å². The Morgan fingerprint density at radius 3 is 2.47 bits per heavy atom. The summed E-state index contributed by atoms with van der Waals surface area (Å²) in [5, 5.41) is 4.79. The molecule has 0 atom stereocenters. The minimum absolute atomic E-state index is 0.0612. The molecule has 0 N–H and O–H groups in total. The molecule has 5 rings (SSSR count). The Balaban J connectivity index is 1.35. The minimum atomic E-state index is -3.53. The van der Waals surface area contributed by atoms with Gasteiger partial charge < -0.3 is 9.64 Å². The number of halogens is 1. The number of nitrogens with zero attached hydrogens (tertiary/aromatic N) is 7. The summed E-state index contributed by atoms with van der Waals surface area (Å²) in [5.74, 6) is 0.354. The molecule has 34 heavy (non-hydrogen) atoms. The van der Waals surface area contributed by atoms with Gasteiger partial charge >= 0.3 is 0 Å². The summed E-state index contributed by atoms with van der Waals surface area (Å²) in [4.78, 5) is 19.3. The minimum Gasteiger partial charge on any atom is -0.474 e. The maximum atomic E-state index is 14.7. The summed E-state index contributed by atoms with van der Waals surface area (Å²) in [6.45, 7) is 3.45. The lowest BCUT2D eigenvalue weighted by atomic mass is 10.1. The topological polar surface area (TPSA) is 116 Å². The van der Waals surface area contributed by atoms with Crippen LogP contribution < -0.4 is 9.64 Å². The van der Waals surface area contributed by atoms with E-state index in [1.54, 1.807) is 12.4 Å². The van der Waals surface area contributed by atoms with E-state index in [0.717, 1.165) is 43.8 Å². The maximum absolute atomic E-state index is 14.7. The molecule has 0 aliphatic carbocycles. The number of rotatable bonds is 5. The van der Waals surface area contributed by atoms with Crippen molar-refractivity contribution in [1.29, 1.82) is 0 Å². The van der Waals surface area contributed by atoms with Gasteiger partial charge in [0.1, 0.15) is 29.3 Å². The van der Waals surface area contributed by atoms with Crippen LogP contribution in [0.2, 0.25) is 0 Å². The molecule has 1 fully saturated rings. The summed E-state index contributed by atoms with van der Waals surface area (Å²) in [7, 11) is -3.53. The first-order valence-corrected chi connectivity index (χ1v) is 12.6. The van der Waals surface area contributed by atoms with Crippen molar-refractivity contribution in [2.75, 3.05) is 24.2 Å². The molecule has 0 spiro atoms. The second kappa shape index (κ2) is 8.60. The first-order chi connectivity index (χ1) is 16.3. The van der Waals surface area contributed by atoms with Crippen molar-refractivity contribution >= 4 is 26.8 Å². The Bertz CT molecular complexity index is 1450. The quantitative estimate of drug-likeness (QED) is 0.422. The van der Waals surface area contributed by atoms with Gasteiger partial charge in [-0.25, -0.2) is 37.4 Å². The second-order valence-electron chi connectivity index (χ2n) is 8.22. The van der Waals surface area contributed by atoms with E-state index in [9.17, 15) is 12.8 Å². The van der Waals surface area contributed by atoms with E-state index in [-0.39, 0.29) is 16.7 Å². The molecule has 3 aromatic heterocycles. The highest BCUT2D eigenvalue weighted by Gasteiger charge is 2.24. The summed E-state index contributed by atoms with van der Waals surface area (Å²) >= 11 is 0. The van der Waals surface area contributed by atoms with Crippen LogP contribution in [0.15, 0.2) is 48.0 Å². The highest BCUT2D eigenvalue weighted by Crippen LogP contribution is 2.28. The molecule has 10 nitrogen and oxygen atoms in total. The lowest BCUT2D eigenvalue weighted by Gasteiger charge is -2.31. The molecule has 4 heterocycles. The van der Waals surface area contributed by atoms with Crippen LogP contribution in [0, 0.1) is 12.7 Å². The maximum Gasteiger partial charge on any atom is 0.228 e. The van der Waals surface area contributed by atoms with Gasteiger partial charge in [-0.1, -0.05) is 0 Å². The third-order valence-electron chi connectivity index (χ3n) is 5.68. The van der Waals surface area contributed by atoms with Crippen LogP contribution in [0.4, 0.5) is 10.3 Å². The fourth-order valence-electron chi connectivity index (χ4n) is 3.86. The van der Waals surface area contributed by atoms with Crippen LogP contribution in [0.25, 0.3) is 16.7 Å². The smallest absolute Gasteiger partial charge is 0.228 e. The fraction of sp³-hybridized carbons (Fsp3) is 0.318. The predicted octanol–water partition coefficient (Wildman–Crippen LogP) is 2.50. The van der Waals surface area contributed by atoms with E-state index in [4.69, 9.17) is 4.74 Å². The lowest BCUT2D eigenvalue weighted by molar-refractivity contribution is 0.166. The van der Waals surface area contributed by atoms with Crippen molar-refractivity contribution in [3.63, 3.8) is 0 Å². The third-order valence-corrected chi connectivity index (χ3v) is 6.79. The van der Waals surface area contributed by atoms with Gasteiger partial charge in [0.05, 0.1) is 11.1 Å². The van der Waals surface area contributed by atoms with Gasteiger partial charge in [0.25, 0.3) is 0 Å². The van der Waals surface area contributed by atoms with Crippen LogP contribution in [0.3, 0.4) is 0 Å². The number of sulfone groups is 1. The predicted molar refractivity (Wildman–Crippen MR) is 122 cm³/mol. The largest absolute Gasteiger partial charge is 0.474 e. The molecule has 12 heteroatoms. The van der Waals surface area contributed by atoms with Gasteiger partial charge in [-0.2, -0.15) is 5.10 Å². The third kappa shape index (κ3) is 4.28. The summed E-state index contributed by atoms with van der Waals surface area (Å²) in [6.07, 6.45) is 8.96. The first-order valence-electron chi connectivity index (χ1n) is 10.7. The fourth-order valence-corrected chi connectivity index (χ4v) is 4.50. The van der Waals surface area contributed by atoms with Crippen LogP contribution in [0.5, 0.6) is 5.88 Å². The van der Waals surface area contributed by atoms with E-state index >= 15 is 0 Å². The molecule has 0 saturated carbocycles. The van der Waals surface area contributed by atoms with Crippen molar-refractivity contribution in [1.82, 2.24) is 29.7 Å². The monoisotopic (exact) mass is 483 g/mol. The number of benzene rings is 1. The Hall–Kier alpha value is -3.67. The molecule has 176 valence electrons. The van der Waals surface area contributed by atoms with Gasteiger partial charge in [0.15, 0.2) is 15.5 Å². The Labute approximate surface area is 195 Å². The molecule has 1 aliphatic heterocycles. The van der Waals surface area contributed by atoms with Gasteiger partial charge in [0.2, 0.25) is 11.8 Å². The van der Waals surface area contributed by atoms with E-state index in [1.165, 1.54) is 29.3 Å². The zero-order chi connectivity index (χ0) is 23.9. The van der Waals surface area contributed by atoms with Crippen LogP contribution in [0.1, 0.15) is 18.4 Å².